The molecule has 0 saturated carbocycles. The molecule has 1 unspecified atom stereocenters. The summed E-state index contributed by atoms with van der Waals surface area (Å²) >= 11 is 0. The Balaban J connectivity index is 0.00000261. The van der Waals surface area contributed by atoms with Crippen LogP contribution in [0.2, 0.25) is 0 Å². The molecular formula is C17H26ClN3O5S. The van der Waals surface area contributed by atoms with E-state index in [2.05, 4.69) is 5.32 Å². The average molecular weight is 420 g/mol. The molecule has 8 nitrogen and oxygen atoms in total. The molecule has 152 valence electrons. The number of piperidine rings is 1. The first-order chi connectivity index (χ1) is 12.5. The first kappa shape index (κ1) is 21.7. The second-order valence-electron chi connectivity index (χ2n) is 6.41. The Bertz CT molecular complexity index is 759. The maximum atomic E-state index is 13.2. The van der Waals surface area contributed by atoms with Gasteiger partial charge in [-0.15, -0.1) is 12.4 Å². The van der Waals surface area contributed by atoms with Crippen molar-refractivity contribution < 1.29 is 22.7 Å². The molecule has 0 spiro atoms. The van der Waals surface area contributed by atoms with Gasteiger partial charge >= 0.3 is 0 Å². The molecule has 1 amide bonds. The lowest BCUT2D eigenvalue weighted by atomic mass is 10.1. The Morgan fingerprint density at radius 3 is 2.70 bits per heavy atom. The molecule has 2 aliphatic heterocycles. The van der Waals surface area contributed by atoms with Gasteiger partial charge in [0.1, 0.15) is 13.2 Å². The Morgan fingerprint density at radius 2 is 1.96 bits per heavy atom. The van der Waals surface area contributed by atoms with Crippen molar-refractivity contribution in [2.75, 3.05) is 32.8 Å². The monoisotopic (exact) mass is 419 g/mol. The van der Waals surface area contributed by atoms with Crippen LogP contribution in [0.25, 0.3) is 0 Å². The second kappa shape index (κ2) is 9.59. The van der Waals surface area contributed by atoms with Crippen LogP contribution in [0.4, 0.5) is 0 Å². The zero-order valence-corrected chi connectivity index (χ0v) is 16.7. The van der Waals surface area contributed by atoms with Crippen molar-refractivity contribution in [2.45, 2.75) is 36.6 Å². The standard InChI is InChI=1S/C17H25N3O5S.ClH/c18-7-6-17(21)19-12-13-3-1-2-8-20(13)26(22,23)14-4-5-15-16(11-14)25-10-9-24-15;/h4-5,11,13H,1-3,6-10,12,18H2,(H,19,21);1H. The number of rotatable bonds is 6. The molecule has 2 aliphatic rings. The summed E-state index contributed by atoms with van der Waals surface area (Å²) in [4.78, 5) is 11.9. The number of halogens is 1. The minimum atomic E-state index is -3.68. The molecule has 3 rings (SSSR count). The molecule has 2 heterocycles. The van der Waals surface area contributed by atoms with E-state index in [1.165, 1.54) is 10.4 Å². The quantitative estimate of drug-likeness (QED) is 0.708. The molecule has 1 saturated heterocycles. The summed E-state index contributed by atoms with van der Waals surface area (Å²) in [6, 6.07) is 4.43. The van der Waals surface area contributed by atoms with E-state index in [1.54, 1.807) is 12.1 Å². The molecule has 3 N–H and O–H groups in total. The highest BCUT2D eigenvalue weighted by Crippen LogP contribution is 2.34. The van der Waals surface area contributed by atoms with Crippen LogP contribution in [0.15, 0.2) is 23.1 Å². The SMILES string of the molecule is Cl.NCCC(=O)NCC1CCCCN1S(=O)(=O)c1ccc2c(c1)OCCO2. The zero-order chi connectivity index (χ0) is 18.6. The molecule has 1 aromatic carbocycles. The number of sulfonamides is 1. The number of nitrogens with two attached hydrogens (primary N) is 1. The number of nitrogens with zero attached hydrogens (tertiary/aromatic N) is 1. The number of benzene rings is 1. The lowest BCUT2D eigenvalue weighted by Crippen LogP contribution is -2.49. The van der Waals surface area contributed by atoms with Gasteiger partial charge < -0.3 is 20.5 Å². The van der Waals surface area contributed by atoms with Gasteiger partial charge in [0.25, 0.3) is 0 Å². The molecule has 10 heteroatoms. The van der Waals surface area contributed by atoms with Gasteiger partial charge in [-0.25, -0.2) is 8.42 Å². The number of carbonyl (C=O) groups is 1. The summed E-state index contributed by atoms with van der Waals surface area (Å²) in [5.41, 5.74) is 5.38. The average Bonchev–Trinajstić information content (AvgIpc) is 2.66. The van der Waals surface area contributed by atoms with Gasteiger partial charge in [-0.05, 0) is 25.0 Å². The fourth-order valence-electron chi connectivity index (χ4n) is 3.27. The third-order valence-corrected chi connectivity index (χ3v) is 6.55. The normalized spacial score (nSPS) is 19.8. The summed E-state index contributed by atoms with van der Waals surface area (Å²) in [5.74, 6) is 0.844. The van der Waals surface area contributed by atoms with E-state index in [9.17, 15) is 13.2 Å². The van der Waals surface area contributed by atoms with Crippen molar-refractivity contribution in [3.05, 3.63) is 18.2 Å². The van der Waals surface area contributed by atoms with Crippen molar-refractivity contribution in [3.63, 3.8) is 0 Å². The maximum Gasteiger partial charge on any atom is 0.243 e. The Kier molecular flexibility index (Phi) is 7.72. The third-order valence-electron chi connectivity index (χ3n) is 4.60. The van der Waals surface area contributed by atoms with Gasteiger partial charge in [0.05, 0.1) is 4.90 Å². The summed E-state index contributed by atoms with van der Waals surface area (Å²) in [7, 11) is -3.68. The van der Waals surface area contributed by atoms with Crippen molar-refractivity contribution in [1.29, 1.82) is 0 Å². The van der Waals surface area contributed by atoms with E-state index in [1.807, 2.05) is 0 Å². The molecule has 0 aliphatic carbocycles. The van der Waals surface area contributed by atoms with Crippen LogP contribution in [0.5, 0.6) is 11.5 Å². The Morgan fingerprint density at radius 1 is 1.22 bits per heavy atom. The van der Waals surface area contributed by atoms with Crippen molar-refractivity contribution >= 4 is 28.3 Å². The molecule has 0 aromatic heterocycles. The molecule has 27 heavy (non-hydrogen) atoms. The van der Waals surface area contributed by atoms with E-state index in [0.29, 0.717) is 44.2 Å². The molecule has 1 atom stereocenters. The van der Waals surface area contributed by atoms with Gasteiger partial charge in [0, 0.05) is 38.2 Å². The minimum absolute atomic E-state index is 0. The van der Waals surface area contributed by atoms with Crippen molar-refractivity contribution in [2.24, 2.45) is 5.73 Å². The Labute approximate surface area is 165 Å². The first-order valence-corrected chi connectivity index (χ1v) is 10.3. The van der Waals surface area contributed by atoms with E-state index in [4.69, 9.17) is 15.2 Å². The lowest BCUT2D eigenvalue weighted by Gasteiger charge is -2.35. The first-order valence-electron chi connectivity index (χ1n) is 8.90. The molecule has 1 fully saturated rings. The minimum Gasteiger partial charge on any atom is -0.486 e. The van der Waals surface area contributed by atoms with Gasteiger partial charge in [0.15, 0.2) is 11.5 Å². The number of nitrogens with one attached hydrogen (secondary N) is 1. The van der Waals surface area contributed by atoms with Crippen LogP contribution >= 0.6 is 12.4 Å². The third kappa shape index (κ3) is 5.04. The summed E-state index contributed by atoms with van der Waals surface area (Å²) in [5, 5.41) is 2.79. The van der Waals surface area contributed by atoms with Crippen LogP contribution in [0, 0.1) is 0 Å². The maximum absolute atomic E-state index is 13.2. The lowest BCUT2D eigenvalue weighted by molar-refractivity contribution is -0.121. The fraction of sp³-hybridized carbons (Fsp3) is 0.588. The van der Waals surface area contributed by atoms with E-state index in [0.717, 1.165) is 12.8 Å². The number of hydrogen-bond acceptors (Lipinski definition) is 6. The number of carbonyl (C=O) groups excluding carboxylic acids is 1. The van der Waals surface area contributed by atoms with Crippen LogP contribution in [0.3, 0.4) is 0 Å². The summed E-state index contributed by atoms with van der Waals surface area (Å²) in [6.45, 7) is 1.86. The topological polar surface area (TPSA) is 111 Å². The van der Waals surface area contributed by atoms with Crippen molar-refractivity contribution in [3.8, 4) is 11.5 Å². The van der Waals surface area contributed by atoms with E-state index in [-0.39, 0.29) is 42.2 Å². The highest BCUT2D eigenvalue weighted by Gasteiger charge is 2.34. The van der Waals surface area contributed by atoms with Crippen LogP contribution < -0.4 is 20.5 Å². The number of amides is 1. The number of ether oxygens (including phenoxy) is 2. The highest BCUT2D eigenvalue weighted by atomic mass is 35.5. The predicted molar refractivity (Wildman–Crippen MR) is 103 cm³/mol. The van der Waals surface area contributed by atoms with Crippen LogP contribution in [-0.2, 0) is 14.8 Å². The molecule has 0 radical (unpaired) electrons. The molecular weight excluding hydrogens is 394 g/mol. The van der Waals surface area contributed by atoms with Crippen LogP contribution in [0.1, 0.15) is 25.7 Å². The number of hydrogen-bond donors (Lipinski definition) is 2. The van der Waals surface area contributed by atoms with Gasteiger partial charge in [0.2, 0.25) is 15.9 Å². The van der Waals surface area contributed by atoms with E-state index >= 15 is 0 Å². The zero-order valence-electron chi connectivity index (χ0n) is 15.1. The van der Waals surface area contributed by atoms with Gasteiger partial charge in [-0.2, -0.15) is 4.31 Å². The largest absolute Gasteiger partial charge is 0.486 e. The summed E-state index contributed by atoms with van der Waals surface area (Å²) in [6.07, 6.45) is 2.69. The number of fused-ring (bicyclic) bond motifs is 1. The highest BCUT2D eigenvalue weighted by molar-refractivity contribution is 7.89. The smallest absolute Gasteiger partial charge is 0.243 e. The van der Waals surface area contributed by atoms with Gasteiger partial charge in [-0.1, -0.05) is 6.42 Å². The fourth-order valence-corrected chi connectivity index (χ4v) is 4.97. The van der Waals surface area contributed by atoms with E-state index < -0.39 is 10.0 Å². The van der Waals surface area contributed by atoms with Crippen LogP contribution in [-0.4, -0.2) is 57.5 Å². The van der Waals surface area contributed by atoms with Gasteiger partial charge in [-0.3, -0.25) is 4.79 Å². The van der Waals surface area contributed by atoms with Crippen molar-refractivity contribution in [1.82, 2.24) is 9.62 Å². The Hall–Kier alpha value is -1.55. The molecule has 0 bridgehead atoms. The molecule has 1 aromatic rings. The summed E-state index contributed by atoms with van der Waals surface area (Å²) < 4.78 is 38.7. The second-order valence-corrected chi connectivity index (χ2v) is 8.30. The predicted octanol–water partition coefficient (Wildman–Crippen LogP) is 0.888.